The van der Waals surface area contributed by atoms with Crippen molar-refractivity contribution in [3.05, 3.63) is 64.7 Å². The molecule has 0 radical (unpaired) electrons. The van der Waals surface area contributed by atoms with Gasteiger partial charge in [-0.3, -0.25) is 4.79 Å². The molecule has 0 bridgehead atoms. The summed E-state index contributed by atoms with van der Waals surface area (Å²) in [6.07, 6.45) is 0. The summed E-state index contributed by atoms with van der Waals surface area (Å²) in [5, 5.41) is 0. The Bertz CT molecular complexity index is 665. The van der Waals surface area contributed by atoms with Crippen LogP contribution < -0.4 is 10.6 Å². The first-order valence-electron chi connectivity index (χ1n) is 6.95. The summed E-state index contributed by atoms with van der Waals surface area (Å²) >= 11 is 0. The van der Waals surface area contributed by atoms with Gasteiger partial charge in [0.2, 0.25) is 0 Å². The van der Waals surface area contributed by atoms with Crippen molar-refractivity contribution in [1.82, 2.24) is 0 Å². The second-order valence-corrected chi connectivity index (χ2v) is 5.21. The van der Waals surface area contributed by atoms with Crippen LogP contribution in [0.5, 0.6) is 0 Å². The molecule has 1 aliphatic heterocycles. The minimum Gasteiger partial charge on any atom is -0.372 e. The number of carbonyl (C=O) groups excluding carboxylic acids is 1. The molecule has 4 nitrogen and oxygen atoms in total. The van der Waals surface area contributed by atoms with E-state index in [4.69, 9.17) is 10.5 Å². The van der Waals surface area contributed by atoms with E-state index in [2.05, 4.69) is 0 Å². The van der Waals surface area contributed by atoms with E-state index in [1.54, 1.807) is 11.9 Å². The highest BCUT2D eigenvalue weighted by molar-refractivity contribution is 6.05. The normalized spacial score (nSPS) is 13.0. The fraction of sp³-hybridized carbons (Fsp3) is 0.235. The quantitative estimate of drug-likeness (QED) is 0.940. The van der Waals surface area contributed by atoms with Crippen molar-refractivity contribution in [2.24, 2.45) is 5.73 Å². The minimum atomic E-state index is -0.0230. The molecule has 21 heavy (non-hydrogen) atoms. The molecule has 1 amide bonds. The molecule has 2 aromatic carbocycles. The van der Waals surface area contributed by atoms with Crippen LogP contribution in [0.3, 0.4) is 0 Å². The lowest BCUT2D eigenvalue weighted by Crippen LogP contribution is -2.26. The van der Waals surface area contributed by atoms with Gasteiger partial charge in [-0.05, 0) is 41.0 Å². The highest BCUT2D eigenvalue weighted by Crippen LogP contribution is 2.23. The summed E-state index contributed by atoms with van der Waals surface area (Å²) in [7, 11) is 1.78. The molecule has 0 aromatic heterocycles. The van der Waals surface area contributed by atoms with Crippen LogP contribution in [-0.4, -0.2) is 13.0 Å². The van der Waals surface area contributed by atoms with Gasteiger partial charge in [-0.2, -0.15) is 0 Å². The Morgan fingerprint density at radius 3 is 2.57 bits per heavy atom. The number of anilines is 1. The predicted octanol–water partition coefficient (Wildman–Crippen LogP) is 2.45. The fourth-order valence-electron chi connectivity index (χ4n) is 2.47. The molecule has 108 valence electrons. The predicted molar refractivity (Wildman–Crippen MR) is 82.0 cm³/mol. The maximum atomic E-state index is 12.6. The first kappa shape index (κ1) is 13.8. The summed E-state index contributed by atoms with van der Waals surface area (Å²) in [5.74, 6) is -0.0230. The molecule has 4 heteroatoms. The average molecular weight is 282 g/mol. The van der Waals surface area contributed by atoms with Gasteiger partial charge in [-0.1, -0.05) is 18.2 Å². The first-order valence-corrected chi connectivity index (χ1v) is 6.95. The standard InChI is InChI=1S/C17H18N2O2/c1-19(16-6-2-12(9-18)3-7-16)17(20)13-4-5-14-10-21-11-15(14)8-13/h2-8H,9-11,18H2,1H3. The van der Waals surface area contributed by atoms with Crippen molar-refractivity contribution in [2.45, 2.75) is 19.8 Å². The minimum absolute atomic E-state index is 0.0230. The number of carbonyl (C=O) groups is 1. The SMILES string of the molecule is CN(C(=O)c1ccc2c(c1)COC2)c1ccc(CN)cc1. The van der Waals surface area contributed by atoms with E-state index >= 15 is 0 Å². The lowest BCUT2D eigenvalue weighted by atomic mass is 10.1. The Morgan fingerprint density at radius 2 is 1.86 bits per heavy atom. The van der Waals surface area contributed by atoms with Gasteiger partial charge >= 0.3 is 0 Å². The zero-order valence-corrected chi connectivity index (χ0v) is 12.0. The van der Waals surface area contributed by atoms with Gasteiger partial charge in [0.25, 0.3) is 5.91 Å². The molecule has 1 heterocycles. The maximum Gasteiger partial charge on any atom is 0.258 e. The first-order chi connectivity index (χ1) is 10.2. The molecule has 0 aliphatic carbocycles. The van der Waals surface area contributed by atoms with Gasteiger partial charge in [0, 0.05) is 24.8 Å². The molecule has 0 saturated heterocycles. The second-order valence-electron chi connectivity index (χ2n) is 5.21. The Labute approximate surface area is 124 Å². The summed E-state index contributed by atoms with van der Waals surface area (Å²) in [5.41, 5.74) is 10.4. The molecule has 2 N–H and O–H groups in total. The molecule has 3 rings (SSSR count). The van der Waals surface area contributed by atoms with Gasteiger partial charge < -0.3 is 15.4 Å². The number of nitrogens with two attached hydrogens (primary N) is 1. The van der Waals surface area contributed by atoms with Crippen molar-refractivity contribution >= 4 is 11.6 Å². The lowest BCUT2D eigenvalue weighted by Gasteiger charge is -2.18. The third-order valence-electron chi connectivity index (χ3n) is 3.83. The molecule has 0 atom stereocenters. The van der Waals surface area contributed by atoms with Gasteiger partial charge in [-0.15, -0.1) is 0 Å². The Hall–Kier alpha value is -2.17. The zero-order valence-electron chi connectivity index (χ0n) is 12.0. The summed E-state index contributed by atoms with van der Waals surface area (Å²) in [6.45, 7) is 1.73. The molecular formula is C17H18N2O2. The zero-order chi connectivity index (χ0) is 14.8. The summed E-state index contributed by atoms with van der Waals surface area (Å²) in [4.78, 5) is 14.2. The lowest BCUT2D eigenvalue weighted by molar-refractivity contribution is 0.0993. The number of amides is 1. The highest BCUT2D eigenvalue weighted by atomic mass is 16.5. The van der Waals surface area contributed by atoms with Crippen molar-refractivity contribution < 1.29 is 9.53 Å². The van der Waals surface area contributed by atoms with E-state index in [1.807, 2.05) is 42.5 Å². The van der Waals surface area contributed by atoms with E-state index in [0.29, 0.717) is 25.3 Å². The number of hydrogen-bond acceptors (Lipinski definition) is 3. The van der Waals surface area contributed by atoms with E-state index in [9.17, 15) is 4.79 Å². The second kappa shape index (κ2) is 5.68. The molecule has 0 unspecified atom stereocenters. The fourth-order valence-corrected chi connectivity index (χ4v) is 2.47. The van der Waals surface area contributed by atoms with E-state index in [1.165, 1.54) is 5.56 Å². The molecule has 1 aliphatic rings. The van der Waals surface area contributed by atoms with Gasteiger partial charge in [0.15, 0.2) is 0 Å². The number of rotatable bonds is 3. The van der Waals surface area contributed by atoms with Gasteiger partial charge in [-0.25, -0.2) is 0 Å². The summed E-state index contributed by atoms with van der Waals surface area (Å²) in [6, 6.07) is 13.5. The van der Waals surface area contributed by atoms with Crippen LogP contribution in [0.25, 0.3) is 0 Å². The van der Waals surface area contributed by atoms with Crippen molar-refractivity contribution in [3.63, 3.8) is 0 Å². The third kappa shape index (κ3) is 2.68. The van der Waals surface area contributed by atoms with Crippen LogP contribution in [0.2, 0.25) is 0 Å². The number of benzene rings is 2. The van der Waals surface area contributed by atoms with Crippen molar-refractivity contribution in [3.8, 4) is 0 Å². The monoisotopic (exact) mass is 282 g/mol. The molecule has 0 spiro atoms. The van der Waals surface area contributed by atoms with Crippen LogP contribution >= 0.6 is 0 Å². The molecule has 0 saturated carbocycles. The van der Waals surface area contributed by atoms with Crippen LogP contribution in [0.4, 0.5) is 5.69 Å². The molecular weight excluding hydrogens is 264 g/mol. The number of nitrogens with zero attached hydrogens (tertiary/aromatic N) is 1. The average Bonchev–Trinajstić information content (AvgIpc) is 3.01. The van der Waals surface area contributed by atoms with Gasteiger partial charge in [0.1, 0.15) is 0 Å². The van der Waals surface area contributed by atoms with Crippen molar-refractivity contribution in [1.29, 1.82) is 0 Å². The van der Waals surface area contributed by atoms with Crippen LogP contribution in [-0.2, 0) is 24.5 Å². The number of fused-ring (bicyclic) bond motifs is 1. The maximum absolute atomic E-state index is 12.6. The highest BCUT2D eigenvalue weighted by Gasteiger charge is 2.17. The van der Waals surface area contributed by atoms with Crippen LogP contribution in [0, 0.1) is 0 Å². The van der Waals surface area contributed by atoms with E-state index in [0.717, 1.165) is 16.8 Å². The van der Waals surface area contributed by atoms with Gasteiger partial charge in [0.05, 0.1) is 13.2 Å². The van der Waals surface area contributed by atoms with Crippen LogP contribution in [0.15, 0.2) is 42.5 Å². The Balaban J connectivity index is 1.83. The van der Waals surface area contributed by atoms with E-state index in [-0.39, 0.29) is 5.91 Å². The third-order valence-corrected chi connectivity index (χ3v) is 3.83. The largest absolute Gasteiger partial charge is 0.372 e. The Kier molecular flexibility index (Phi) is 3.73. The number of ether oxygens (including phenoxy) is 1. The number of hydrogen-bond donors (Lipinski definition) is 1. The molecule has 0 fully saturated rings. The van der Waals surface area contributed by atoms with Crippen LogP contribution in [0.1, 0.15) is 27.0 Å². The topological polar surface area (TPSA) is 55.6 Å². The molecule has 2 aromatic rings. The Morgan fingerprint density at radius 1 is 1.14 bits per heavy atom. The van der Waals surface area contributed by atoms with E-state index < -0.39 is 0 Å². The summed E-state index contributed by atoms with van der Waals surface area (Å²) < 4.78 is 5.38. The smallest absolute Gasteiger partial charge is 0.258 e. The van der Waals surface area contributed by atoms with Crippen molar-refractivity contribution in [2.75, 3.05) is 11.9 Å².